The molecule has 3 rings (SSSR count). The Labute approximate surface area is 96.2 Å². The first kappa shape index (κ1) is 9.73. The molecule has 2 heterocycles. The fourth-order valence-electron chi connectivity index (χ4n) is 1.54. The Morgan fingerprint density at radius 3 is 2.47 bits per heavy atom. The van der Waals surface area contributed by atoms with Gasteiger partial charge in [-0.15, -0.1) is 0 Å². The van der Waals surface area contributed by atoms with Gasteiger partial charge in [-0.2, -0.15) is 9.92 Å². The van der Waals surface area contributed by atoms with Gasteiger partial charge in [-0.1, -0.05) is 30.3 Å². The van der Waals surface area contributed by atoms with E-state index in [2.05, 4.69) is 20.9 Å². The van der Waals surface area contributed by atoms with E-state index in [1.54, 1.807) is 0 Å². The number of aromatic nitrogens is 2. The van der Waals surface area contributed by atoms with Gasteiger partial charge in [-0.05, 0) is 0 Å². The van der Waals surface area contributed by atoms with Crippen LogP contribution in [0.3, 0.4) is 0 Å². The zero-order chi connectivity index (χ0) is 11.7. The zero-order valence-electron chi connectivity index (χ0n) is 8.68. The lowest BCUT2D eigenvalue weighted by molar-refractivity contribution is 0.280. The molecule has 6 nitrogen and oxygen atoms in total. The number of nitrogens with zero attached hydrogens (tertiary/aromatic N) is 2. The highest BCUT2D eigenvalue weighted by atomic mass is 16.8. The first-order chi connectivity index (χ1) is 8.33. The summed E-state index contributed by atoms with van der Waals surface area (Å²) in [5.41, 5.74) is 6.00. The fourth-order valence-corrected chi connectivity index (χ4v) is 1.54. The molecule has 0 atom stereocenters. The van der Waals surface area contributed by atoms with Crippen molar-refractivity contribution in [2.75, 3.05) is 11.0 Å². The number of benzene rings is 1. The number of rotatable bonds is 1. The van der Waals surface area contributed by atoms with Crippen LogP contribution >= 0.6 is 0 Å². The number of fused-ring (bicyclic) bond motifs is 1. The molecule has 1 aliphatic rings. The monoisotopic (exact) mass is 228 g/mol. The SMILES string of the molecule is O=c1cc(-c2ccccc2)nc2c(n1)NON2. The van der Waals surface area contributed by atoms with Crippen LogP contribution in [0.2, 0.25) is 0 Å². The van der Waals surface area contributed by atoms with Crippen LogP contribution in [0.5, 0.6) is 0 Å². The molecule has 84 valence electrons. The van der Waals surface area contributed by atoms with Crippen LogP contribution in [-0.4, -0.2) is 9.97 Å². The summed E-state index contributed by atoms with van der Waals surface area (Å²) in [6, 6.07) is 10.8. The van der Waals surface area contributed by atoms with Gasteiger partial charge in [0.2, 0.25) is 5.82 Å². The van der Waals surface area contributed by atoms with Gasteiger partial charge >= 0.3 is 0 Å². The van der Waals surface area contributed by atoms with Crippen LogP contribution in [0.15, 0.2) is 41.2 Å². The molecule has 1 aromatic heterocycles. The van der Waals surface area contributed by atoms with Crippen LogP contribution in [0.25, 0.3) is 11.3 Å². The molecule has 0 saturated carbocycles. The Bertz CT molecular complexity index is 616. The van der Waals surface area contributed by atoms with E-state index >= 15 is 0 Å². The summed E-state index contributed by atoms with van der Waals surface area (Å²) >= 11 is 0. The molecule has 0 bridgehead atoms. The van der Waals surface area contributed by atoms with Gasteiger partial charge in [0.1, 0.15) is 0 Å². The highest BCUT2D eigenvalue weighted by molar-refractivity contribution is 5.65. The lowest BCUT2D eigenvalue weighted by Gasteiger charge is -1.96. The smallest absolute Gasteiger partial charge is 0.267 e. The van der Waals surface area contributed by atoms with Crippen molar-refractivity contribution in [3.63, 3.8) is 0 Å². The van der Waals surface area contributed by atoms with Gasteiger partial charge in [-0.3, -0.25) is 4.79 Å². The van der Waals surface area contributed by atoms with Crippen molar-refractivity contribution < 1.29 is 4.94 Å². The second kappa shape index (κ2) is 3.84. The van der Waals surface area contributed by atoms with Gasteiger partial charge in [-0.25, -0.2) is 15.9 Å². The predicted octanol–water partition coefficient (Wildman–Crippen LogP) is 1.19. The van der Waals surface area contributed by atoms with Gasteiger partial charge in [0.25, 0.3) is 5.56 Å². The quantitative estimate of drug-likeness (QED) is 0.763. The molecular formula is C11H8N4O2. The normalized spacial score (nSPS) is 12.5. The third-order valence-electron chi connectivity index (χ3n) is 2.30. The molecule has 0 unspecified atom stereocenters. The summed E-state index contributed by atoms with van der Waals surface area (Å²) in [4.78, 5) is 24.4. The molecule has 6 heteroatoms. The first-order valence-corrected chi connectivity index (χ1v) is 4.99. The molecule has 0 fully saturated rings. The molecule has 17 heavy (non-hydrogen) atoms. The molecule has 0 spiro atoms. The van der Waals surface area contributed by atoms with E-state index in [1.165, 1.54) is 6.07 Å². The summed E-state index contributed by atoms with van der Waals surface area (Å²) in [6.45, 7) is 0. The van der Waals surface area contributed by atoms with Crippen LogP contribution < -0.4 is 16.5 Å². The van der Waals surface area contributed by atoms with Crippen molar-refractivity contribution in [3.8, 4) is 11.3 Å². The van der Waals surface area contributed by atoms with Gasteiger partial charge in [0.05, 0.1) is 5.69 Å². The molecule has 1 aromatic carbocycles. The highest BCUT2D eigenvalue weighted by Gasteiger charge is 2.14. The van der Waals surface area contributed by atoms with E-state index in [4.69, 9.17) is 4.94 Å². The minimum atomic E-state index is -0.377. The first-order valence-electron chi connectivity index (χ1n) is 4.99. The van der Waals surface area contributed by atoms with Crippen molar-refractivity contribution in [2.45, 2.75) is 0 Å². The Balaban J connectivity index is 2.23. The number of hydrogen-bond donors (Lipinski definition) is 2. The predicted molar refractivity (Wildman–Crippen MR) is 62.1 cm³/mol. The average Bonchev–Trinajstić information content (AvgIpc) is 2.70. The molecule has 0 amide bonds. The Morgan fingerprint density at radius 2 is 1.71 bits per heavy atom. The zero-order valence-corrected chi connectivity index (χ0v) is 8.68. The highest BCUT2D eigenvalue weighted by Crippen LogP contribution is 2.22. The minimum Gasteiger partial charge on any atom is -0.267 e. The van der Waals surface area contributed by atoms with Crippen molar-refractivity contribution in [3.05, 3.63) is 46.8 Å². The summed E-state index contributed by atoms with van der Waals surface area (Å²) in [6.07, 6.45) is 0. The maximum Gasteiger partial charge on any atom is 0.274 e. The Hall–Kier alpha value is -2.47. The lowest BCUT2D eigenvalue weighted by Crippen LogP contribution is -2.03. The number of anilines is 2. The molecule has 2 aromatic rings. The van der Waals surface area contributed by atoms with E-state index in [9.17, 15) is 4.79 Å². The molecule has 1 aliphatic heterocycles. The summed E-state index contributed by atoms with van der Waals surface area (Å²) in [5, 5.41) is 0. The molecular weight excluding hydrogens is 220 g/mol. The lowest BCUT2D eigenvalue weighted by atomic mass is 10.1. The van der Waals surface area contributed by atoms with E-state index in [-0.39, 0.29) is 11.4 Å². The van der Waals surface area contributed by atoms with Gasteiger partial charge in [0.15, 0.2) is 5.82 Å². The van der Waals surface area contributed by atoms with Crippen LogP contribution in [-0.2, 0) is 4.94 Å². The summed E-state index contributed by atoms with van der Waals surface area (Å²) in [7, 11) is 0. The van der Waals surface area contributed by atoms with Crippen molar-refractivity contribution in [1.29, 1.82) is 0 Å². The largest absolute Gasteiger partial charge is 0.274 e. The molecule has 0 radical (unpaired) electrons. The van der Waals surface area contributed by atoms with Gasteiger partial charge in [0, 0.05) is 11.6 Å². The van der Waals surface area contributed by atoms with Crippen molar-refractivity contribution >= 4 is 11.6 Å². The van der Waals surface area contributed by atoms with Crippen molar-refractivity contribution in [1.82, 2.24) is 9.97 Å². The minimum absolute atomic E-state index is 0.289. The number of nitrogens with one attached hydrogen (secondary N) is 2. The van der Waals surface area contributed by atoms with E-state index in [1.807, 2.05) is 30.3 Å². The maximum absolute atomic E-state index is 11.5. The summed E-state index contributed by atoms with van der Waals surface area (Å²) in [5.74, 6) is 0.683. The fraction of sp³-hybridized carbons (Fsp3) is 0. The van der Waals surface area contributed by atoms with E-state index < -0.39 is 0 Å². The van der Waals surface area contributed by atoms with E-state index in [0.29, 0.717) is 11.5 Å². The molecule has 0 saturated heterocycles. The standard InChI is InChI=1S/C11H8N4O2/c16-9-6-8(7-4-2-1-3-5-7)12-10-11(13-9)15-17-14-10/h1-6H,(H,12,14)(H,13,15,16). The average molecular weight is 228 g/mol. The Kier molecular flexibility index (Phi) is 2.20. The number of hydrogen-bond acceptors (Lipinski definition) is 6. The van der Waals surface area contributed by atoms with Gasteiger partial charge < -0.3 is 0 Å². The molecule has 2 N–H and O–H groups in total. The van der Waals surface area contributed by atoms with Crippen LogP contribution in [0.4, 0.5) is 11.6 Å². The summed E-state index contributed by atoms with van der Waals surface area (Å²) < 4.78 is 0. The van der Waals surface area contributed by atoms with Crippen LogP contribution in [0, 0.1) is 0 Å². The van der Waals surface area contributed by atoms with E-state index in [0.717, 1.165) is 5.56 Å². The second-order valence-corrected chi connectivity index (χ2v) is 3.46. The topological polar surface area (TPSA) is 76.1 Å². The van der Waals surface area contributed by atoms with Crippen LogP contribution in [0.1, 0.15) is 0 Å². The molecule has 0 aliphatic carbocycles. The maximum atomic E-state index is 11.5. The van der Waals surface area contributed by atoms with Crippen molar-refractivity contribution in [2.24, 2.45) is 0 Å². The third kappa shape index (κ3) is 1.81. The Morgan fingerprint density at radius 1 is 1.00 bits per heavy atom. The second-order valence-electron chi connectivity index (χ2n) is 3.46. The third-order valence-corrected chi connectivity index (χ3v) is 2.30.